The van der Waals surface area contributed by atoms with Crippen LogP contribution >= 0.6 is 11.3 Å². The standard InChI is InChI=1S/C18H23NO4S/c1-12-8-17(13(2)24-12)18(21)19-9-15(20)11-23-10-14-4-6-16(22-3)7-5-14/h4-8,15,20H,9-11H2,1-3H3,(H,19,21). The van der Waals surface area contributed by atoms with Gasteiger partial charge < -0.3 is 19.9 Å². The number of carbonyl (C=O) groups excluding carboxylic acids is 1. The first-order valence-electron chi connectivity index (χ1n) is 7.73. The number of thiophene rings is 1. The van der Waals surface area contributed by atoms with Gasteiger partial charge in [0.1, 0.15) is 5.75 Å². The number of aryl methyl sites for hydroxylation is 2. The van der Waals surface area contributed by atoms with Gasteiger partial charge in [0.2, 0.25) is 0 Å². The second kappa shape index (κ2) is 8.82. The van der Waals surface area contributed by atoms with E-state index in [-0.39, 0.29) is 19.1 Å². The molecule has 2 rings (SSSR count). The third kappa shape index (κ3) is 5.33. The predicted octanol–water partition coefficient (Wildman–Crippen LogP) is 2.68. The number of rotatable bonds is 8. The average Bonchev–Trinajstić information content (AvgIpc) is 2.92. The summed E-state index contributed by atoms with van der Waals surface area (Å²) in [5.41, 5.74) is 1.67. The van der Waals surface area contributed by atoms with E-state index < -0.39 is 6.10 Å². The highest BCUT2D eigenvalue weighted by atomic mass is 32.1. The molecule has 1 unspecified atom stereocenters. The van der Waals surface area contributed by atoms with Gasteiger partial charge in [0.15, 0.2) is 0 Å². The lowest BCUT2D eigenvalue weighted by Crippen LogP contribution is -2.34. The van der Waals surface area contributed by atoms with E-state index in [4.69, 9.17) is 9.47 Å². The van der Waals surface area contributed by atoms with Crippen LogP contribution in [0.4, 0.5) is 0 Å². The summed E-state index contributed by atoms with van der Waals surface area (Å²) in [6.07, 6.45) is -0.743. The van der Waals surface area contributed by atoms with E-state index in [0.29, 0.717) is 12.2 Å². The van der Waals surface area contributed by atoms with Crippen LogP contribution in [0.2, 0.25) is 0 Å². The molecule has 2 N–H and O–H groups in total. The molecule has 0 aliphatic rings. The maximum atomic E-state index is 12.1. The second-order valence-electron chi connectivity index (χ2n) is 5.55. The minimum Gasteiger partial charge on any atom is -0.497 e. The van der Waals surface area contributed by atoms with Crippen LogP contribution in [0.1, 0.15) is 25.7 Å². The van der Waals surface area contributed by atoms with Gasteiger partial charge in [-0.1, -0.05) is 12.1 Å². The first-order valence-corrected chi connectivity index (χ1v) is 8.55. The molecule has 0 aliphatic carbocycles. The van der Waals surface area contributed by atoms with Crippen molar-refractivity contribution in [1.29, 1.82) is 0 Å². The molecule has 0 bridgehead atoms. The molecule has 0 fully saturated rings. The molecular formula is C18H23NO4S. The van der Waals surface area contributed by atoms with Gasteiger partial charge in [-0.05, 0) is 37.6 Å². The van der Waals surface area contributed by atoms with Crippen molar-refractivity contribution in [3.8, 4) is 5.75 Å². The Labute approximate surface area is 146 Å². The van der Waals surface area contributed by atoms with Gasteiger partial charge in [0.25, 0.3) is 5.91 Å². The molecule has 0 saturated carbocycles. The predicted molar refractivity (Wildman–Crippen MR) is 94.8 cm³/mol. The molecule has 0 radical (unpaired) electrons. The molecule has 0 saturated heterocycles. The summed E-state index contributed by atoms with van der Waals surface area (Å²) in [6.45, 7) is 4.61. The second-order valence-corrected chi connectivity index (χ2v) is 7.01. The van der Waals surface area contributed by atoms with Gasteiger partial charge in [-0.2, -0.15) is 0 Å². The van der Waals surface area contributed by atoms with Gasteiger partial charge in [0.05, 0.1) is 32.0 Å². The number of hydrogen-bond donors (Lipinski definition) is 2. The summed E-state index contributed by atoms with van der Waals surface area (Å²) < 4.78 is 10.6. The number of benzene rings is 1. The first-order chi connectivity index (χ1) is 11.5. The monoisotopic (exact) mass is 349 g/mol. The first kappa shape index (κ1) is 18.4. The van der Waals surface area contributed by atoms with Crippen molar-refractivity contribution in [3.05, 3.63) is 51.2 Å². The topological polar surface area (TPSA) is 67.8 Å². The summed E-state index contributed by atoms with van der Waals surface area (Å²) in [6, 6.07) is 9.41. The maximum Gasteiger partial charge on any atom is 0.252 e. The summed E-state index contributed by atoms with van der Waals surface area (Å²) >= 11 is 1.59. The summed E-state index contributed by atoms with van der Waals surface area (Å²) in [4.78, 5) is 14.2. The van der Waals surface area contributed by atoms with Gasteiger partial charge in [-0.3, -0.25) is 4.79 Å². The van der Waals surface area contributed by atoms with E-state index in [1.807, 2.05) is 44.2 Å². The van der Waals surface area contributed by atoms with Crippen molar-refractivity contribution < 1.29 is 19.4 Å². The Morgan fingerprint density at radius 1 is 1.29 bits per heavy atom. The molecule has 0 spiro atoms. The fourth-order valence-electron chi connectivity index (χ4n) is 2.26. The van der Waals surface area contributed by atoms with Crippen LogP contribution in [0.15, 0.2) is 30.3 Å². The van der Waals surface area contributed by atoms with Crippen LogP contribution in [0.3, 0.4) is 0 Å². The Morgan fingerprint density at radius 2 is 2.00 bits per heavy atom. The zero-order valence-corrected chi connectivity index (χ0v) is 15.0. The molecule has 1 aromatic carbocycles. The largest absolute Gasteiger partial charge is 0.497 e. The Balaban J connectivity index is 1.70. The highest BCUT2D eigenvalue weighted by Crippen LogP contribution is 2.20. The van der Waals surface area contributed by atoms with E-state index in [9.17, 15) is 9.90 Å². The van der Waals surface area contributed by atoms with Crippen LogP contribution in [-0.4, -0.2) is 37.4 Å². The van der Waals surface area contributed by atoms with E-state index in [0.717, 1.165) is 21.1 Å². The number of hydrogen-bond acceptors (Lipinski definition) is 5. The Bertz CT molecular complexity index is 666. The summed E-state index contributed by atoms with van der Waals surface area (Å²) in [7, 11) is 1.62. The number of methoxy groups -OCH3 is 1. The Morgan fingerprint density at radius 3 is 2.58 bits per heavy atom. The number of amides is 1. The molecule has 0 aliphatic heterocycles. The van der Waals surface area contributed by atoms with Crippen LogP contribution in [-0.2, 0) is 11.3 Å². The molecule has 5 nitrogen and oxygen atoms in total. The highest BCUT2D eigenvalue weighted by Gasteiger charge is 2.13. The van der Waals surface area contributed by atoms with Crippen molar-refractivity contribution >= 4 is 17.2 Å². The molecule has 6 heteroatoms. The van der Waals surface area contributed by atoms with Gasteiger partial charge in [0, 0.05) is 16.3 Å². The number of carbonyl (C=O) groups is 1. The van der Waals surface area contributed by atoms with E-state index in [1.54, 1.807) is 18.4 Å². The quantitative estimate of drug-likeness (QED) is 0.769. The Kier molecular flexibility index (Phi) is 6.78. The number of nitrogens with one attached hydrogen (secondary N) is 1. The minimum atomic E-state index is -0.743. The van der Waals surface area contributed by atoms with Gasteiger partial charge >= 0.3 is 0 Å². The lowest BCUT2D eigenvalue weighted by atomic mass is 10.2. The zero-order chi connectivity index (χ0) is 17.5. The van der Waals surface area contributed by atoms with Crippen molar-refractivity contribution in [2.24, 2.45) is 0 Å². The number of ether oxygens (including phenoxy) is 2. The molecule has 1 heterocycles. The van der Waals surface area contributed by atoms with E-state index >= 15 is 0 Å². The average molecular weight is 349 g/mol. The van der Waals surface area contributed by atoms with E-state index in [2.05, 4.69) is 5.32 Å². The summed E-state index contributed by atoms with van der Waals surface area (Å²) in [5.74, 6) is 0.631. The van der Waals surface area contributed by atoms with Crippen LogP contribution in [0.5, 0.6) is 5.75 Å². The van der Waals surface area contributed by atoms with Crippen molar-refractivity contribution in [3.63, 3.8) is 0 Å². The minimum absolute atomic E-state index is 0.161. The number of aliphatic hydroxyl groups excluding tert-OH is 1. The normalized spacial score (nSPS) is 12.0. The van der Waals surface area contributed by atoms with Crippen molar-refractivity contribution in [2.45, 2.75) is 26.6 Å². The third-order valence-corrected chi connectivity index (χ3v) is 4.49. The fraction of sp³-hybridized carbons (Fsp3) is 0.389. The van der Waals surface area contributed by atoms with E-state index in [1.165, 1.54) is 0 Å². The third-order valence-electron chi connectivity index (χ3n) is 3.52. The highest BCUT2D eigenvalue weighted by molar-refractivity contribution is 7.12. The molecular weight excluding hydrogens is 326 g/mol. The van der Waals surface area contributed by atoms with Gasteiger partial charge in [-0.15, -0.1) is 11.3 Å². The smallest absolute Gasteiger partial charge is 0.252 e. The number of aliphatic hydroxyl groups is 1. The van der Waals surface area contributed by atoms with Crippen molar-refractivity contribution in [2.75, 3.05) is 20.3 Å². The molecule has 1 aromatic heterocycles. The Hall–Kier alpha value is -1.89. The SMILES string of the molecule is COc1ccc(COCC(O)CNC(=O)c2cc(C)sc2C)cc1. The van der Waals surface area contributed by atoms with Crippen LogP contribution in [0.25, 0.3) is 0 Å². The fourth-order valence-corrected chi connectivity index (χ4v) is 3.18. The van der Waals surface area contributed by atoms with Crippen LogP contribution in [0, 0.1) is 13.8 Å². The molecule has 130 valence electrons. The maximum absolute atomic E-state index is 12.1. The lowest BCUT2D eigenvalue weighted by Gasteiger charge is -2.12. The molecule has 24 heavy (non-hydrogen) atoms. The zero-order valence-electron chi connectivity index (χ0n) is 14.2. The van der Waals surface area contributed by atoms with Crippen molar-refractivity contribution in [1.82, 2.24) is 5.32 Å². The lowest BCUT2D eigenvalue weighted by molar-refractivity contribution is 0.0285. The van der Waals surface area contributed by atoms with Gasteiger partial charge in [-0.25, -0.2) is 0 Å². The molecule has 1 amide bonds. The van der Waals surface area contributed by atoms with Crippen LogP contribution < -0.4 is 10.1 Å². The molecule has 1 atom stereocenters. The summed E-state index contributed by atoms with van der Waals surface area (Å²) in [5, 5.41) is 12.7. The molecule has 2 aromatic rings.